The fourth-order valence-electron chi connectivity index (χ4n) is 1.57. The van der Waals surface area contributed by atoms with Crippen LogP contribution in [-0.2, 0) is 11.2 Å². The van der Waals surface area contributed by atoms with Crippen LogP contribution in [0.3, 0.4) is 0 Å². The zero-order chi connectivity index (χ0) is 13.0. The first-order chi connectivity index (χ1) is 8.72. The van der Waals surface area contributed by atoms with E-state index in [1.807, 2.05) is 6.92 Å². The number of hydrogen-bond acceptors (Lipinski definition) is 4. The molecule has 4 nitrogen and oxygen atoms in total. The quantitative estimate of drug-likeness (QED) is 0.615. The molecule has 92 valence electrons. The fourth-order valence-corrected chi connectivity index (χ4v) is 1.57. The van der Waals surface area contributed by atoms with Crippen LogP contribution in [0.1, 0.15) is 33.4 Å². The molecule has 0 saturated heterocycles. The third-order valence-electron chi connectivity index (χ3n) is 2.48. The van der Waals surface area contributed by atoms with Gasteiger partial charge in [-0.25, -0.2) is 9.59 Å². The second-order valence-electron chi connectivity index (χ2n) is 3.65. The average Bonchev–Trinajstić information content (AvgIpc) is 2.88. The Morgan fingerprint density at radius 1 is 1.11 bits per heavy atom. The summed E-state index contributed by atoms with van der Waals surface area (Å²) in [7, 11) is 0. The third kappa shape index (κ3) is 2.48. The summed E-state index contributed by atoms with van der Waals surface area (Å²) >= 11 is 0. The van der Waals surface area contributed by atoms with Gasteiger partial charge in [-0.15, -0.1) is 0 Å². The van der Waals surface area contributed by atoms with Gasteiger partial charge in [0.2, 0.25) is 0 Å². The Balaban J connectivity index is 2.11. The van der Waals surface area contributed by atoms with Crippen molar-refractivity contribution in [3.63, 3.8) is 0 Å². The molecule has 18 heavy (non-hydrogen) atoms. The molecule has 0 bridgehead atoms. The molecule has 0 saturated carbocycles. The van der Waals surface area contributed by atoms with Crippen LogP contribution in [0.2, 0.25) is 0 Å². The summed E-state index contributed by atoms with van der Waals surface area (Å²) in [5.41, 5.74) is 0.633. The van der Waals surface area contributed by atoms with Gasteiger partial charge < -0.3 is 9.15 Å². The third-order valence-corrected chi connectivity index (χ3v) is 2.48. The van der Waals surface area contributed by atoms with Crippen molar-refractivity contribution in [2.45, 2.75) is 13.3 Å². The van der Waals surface area contributed by atoms with Crippen LogP contribution < -0.4 is 0 Å². The highest BCUT2D eigenvalue weighted by atomic mass is 16.6. The highest BCUT2D eigenvalue weighted by Crippen LogP contribution is 2.13. The molecule has 0 fully saturated rings. The Bertz CT molecular complexity index is 554. The van der Waals surface area contributed by atoms with E-state index in [0.29, 0.717) is 23.3 Å². The van der Waals surface area contributed by atoms with Gasteiger partial charge in [0.25, 0.3) is 0 Å². The van der Waals surface area contributed by atoms with Gasteiger partial charge in [-0.05, 0) is 18.2 Å². The first-order valence-corrected chi connectivity index (χ1v) is 5.60. The van der Waals surface area contributed by atoms with Crippen LogP contribution in [0.25, 0.3) is 0 Å². The van der Waals surface area contributed by atoms with Crippen molar-refractivity contribution in [3.05, 3.63) is 59.5 Å². The van der Waals surface area contributed by atoms with Gasteiger partial charge >= 0.3 is 11.9 Å². The van der Waals surface area contributed by atoms with Crippen molar-refractivity contribution in [1.29, 1.82) is 0 Å². The van der Waals surface area contributed by atoms with Crippen LogP contribution in [-0.4, -0.2) is 11.9 Å². The first kappa shape index (κ1) is 12.1. The molecule has 1 aromatic carbocycles. The van der Waals surface area contributed by atoms with Crippen molar-refractivity contribution >= 4 is 11.9 Å². The number of rotatable bonds is 3. The molecule has 0 unspecified atom stereocenters. The largest absolute Gasteiger partial charge is 0.468 e. The van der Waals surface area contributed by atoms with E-state index < -0.39 is 11.9 Å². The van der Waals surface area contributed by atoms with Gasteiger partial charge in [-0.3, -0.25) is 0 Å². The Morgan fingerprint density at radius 2 is 1.83 bits per heavy atom. The van der Waals surface area contributed by atoms with E-state index in [2.05, 4.69) is 0 Å². The number of esters is 2. The van der Waals surface area contributed by atoms with E-state index in [1.165, 1.54) is 12.3 Å². The minimum atomic E-state index is -0.686. The zero-order valence-corrected chi connectivity index (χ0v) is 9.88. The highest BCUT2D eigenvalue weighted by molar-refractivity contribution is 6.02. The van der Waals surface area contributed by atoms with Crippen LogP contribution >= 0.6 is 0 Å². The van der Waals surface area contributed by atoms with Crippen molar-refractivity contribution in [1.82, 2.24) is 0 Å². The lowest BCUT2D eigenvalue weighted by Crippen LogP contribution is -2.13. The topological polar surface area (TPSA) is 56.5 Å². The molecule has 0 aliphatic carbocycles. The predicted octanol–water partition coefficient (Wildman–Crippen LogP) is 2.84. The molecule has 0 spiro atoms. The Kier molecular flexibility index (Phi) is 3.57. The van der Waals surface area contributed by atoms with Crippen molar-refractivity contribution in [2.75, 3.05) is 0 Å². The van der Waals surface area contributed by atoms with Crippen LogP contribution in [0.5, 0.6) is 0 Å². The lowest BCUT2D eigenvalue weighted by atomic mass is 10.2. The molecule has 4 heteroatoms. The molecular formula is C14H12O4. The van der Waals surface area contributed by atoms with Gasteiger partial charge in [0.05, 0.1) is 11.8 Å². The van der Waals surface area contributed by atoms with Gasteiger partial charge in [-0.1, -0.05) is 25.1 Å². The molecule has 0 aliphatic rings. The molecule has 0 radical (unpaired) electrons. The van der Waals surface area contributed by atoms with Crippen molar-refractivity contribution < 1.29 is 18.7 Å². The molecule has 2 rings (SSSR count). The van der Waals surface area contributed by atoms with Crippen molar-refractivity contribution in [3.8, 4) is 0 Å². The molecular weight excluding hydrogens is 232 g/mol. The molecule has 1 heterocycles. The van der Waals surface area contributed by atoms with E-state index in [1.54, 1.807) is 30.3 Å². The zero-order valence-electron chi connectivity index (χ0n) is 9.88. The van der Waals surface area contributed by atoms with E-state index in [0.717, 1.165) is 0 Å². The molecule has 0 N–H and O–H groups in total. The van der Waals surface area contributed by atoms with E-state index >= 15 is 0 Å². The summed E-state index contributed by atoms with van der Waals surface area (Å²) < 4.78 is 9.90. The van der Waals surface area contributed by atoms with Crippen LogP contribution in [0, 0.1) is 0 Å². The maximum Gasteiger partial charge on any atom is 0.349 e. The molecule has 0 atom stereocenters. The molecule has 2 aromatic rings. The second-order valence-corrected chi connectivity index (χ2v) is 3.65. The monoisotopic (exact) mass is 244 g/mol. The number of carbonyl (C=O) groups is 2. The van der Waals surface area contributed by atoms with Gasteiger partial charge in [0, 0.05) is 6.42 Å². The SMILES string of the molecule is CCc1occc1C(=O)OC(=O)c1ccccc1. The summed E-state index contributed by atoms with van der Waals surface area (Å²) in [6.45, 7) is 1.86. The standard InChI is InChI=1S/C14H12O4/c1-2-12-11(8-9-17-12)14(16)18-13(15)10-6-4-3-5-7-10/h3-9H,2H2,1H3. The van der Waals surface area contributed by atoms with E-state index in [9.17, 15) is 9.59 Å². The Morgan fingerprint density at radius 3 is 2.50 bits per heavy atom. The average molecular weight is 244 g/mol. The number of ether oxygens (including phenoxy) is 1. The second kappa shape index (κ2) is 5.31. The lowest BCUT2D eigenvalue weighted by molar-refractivity contribution is 0.0396. The number of aryl methyl sites for hydroxylation is 1. The maximum absolute atomic E-state index is 11.8. The number of benzene rings is 1. The van der Waals surface area contributed by atoms with Crippen LogP contribution in [0.4, 0.5) is 0 Å². The van der Waals surface area contributed by atoms with Gasteiger partial charge in [-0.2, -0.15) is 0 Å². The summed E-state index contributed by atoms with van der Waals surface area (Å²) in [6.07, 6.45) is 1.97. The van der Waals surface area contributed by atoms with E-state index in [-0.39, 0.29) is 0 Å². The smallest absolute Gasteiger partial charge is 0.349 e. The number of furan rings is 1. The molecule has 0 amide bonds. The van der Waals surface area contributed by atoms with Crippen molar-refractivity contribution in [2.24, 2.45) is 0 Å². The summed E-state index contributed by atoms with van der Waals surface area (Å²) in [4.78, 5) is 23.4. The van der Waals surface area contributed by atoms with Gasteiger partial charge in [0.15, 0.2) is 0 Å². The predicted molar refractivity (Wildman–Crippen MR) is 64.3 cm³/mol. The fraction of sp³-hybridized carbons (Fsp3) is 0.143. The minimum Gasteiger partial charge on any atom is -0.468 e. The molecule has 0 aliphatic heterocycles. The summed E-state index contributed by atoms with van der Waals surface area (Å²) in [5, 5.41) is 0. The minimum absolute atomic E-state index is 0.293. The van der Waals surface area contributed by atoms with Gasteiger partial charge in [0.1, 0.15) is 11.3 Å². The lowest BCUT2D eigenvalue weighted by Gasteiger charge is -2.02. The first-order valence-electron chi connectivity index (χ1n) is 5.60. The summed E-state index contributed by atoms with van der Waals surface area (Å²) in [6, 6.07) is 9.87. The number of carbonyl (C=O) groups excluding carboxylic acids is 2. The number of hydrogen-bond donors (Lipinski definition) is 0. The Labute approximate surface area is 104 Å². The van der Waals surface area contributed by atoms with Crippen LogP contribution in [0.15, 0.2) is 47.1 Å². The molecule has 1 aromatic heterocycles. The normalized spacial score (nSPS) is 10.1. The van der Waals surface area contributed by atoms with E-state index in [4.69, 9.17) is 9.15 Å². The Hall–Kier alpha value is -2.36. The highest BCUT2D eigenvalue weighted by Gasteiger charge is 2.19. The maximum atomic E-state index is 11.8. The summed E-state index contributed by atoms with van der Waals surface area (Å²) in [5.74, 6) is -0.834.